The predicted octanol–water partition coefficient (Wildman–Crippen LogP) is 5.10. The van der Waals surface area contributed by atoms with Gasteiger partial charge in [-0.15, -0.1) is 11.3 Å². The summed E-state index contributed by atoms with van der Waals surface area (Å²) in [5.74, 6) is 0.377. The largest absolute Gasteiger partial charge is 0.496 e. The average Bonchev–Trinajstić information content (AvgIpc) is 3.03. The molecule has 0 radical (unpaired) electrons. The van der Waals surface area contributed by atoms with E-state index in [2.05, 4.69) is 10.6 Å². The molecule has 3 aromatic rings. The SMILES string of the molecule is COc1ccccc1[C@@H]1CC(=O)Nc2sc(C(=O)Nc3cccc(C)c3)c(C)c21. The summed E-state index contributed by atoms with van der Waals surface area (Å²) in [6, 6.07) is 15.4. The molecule has 2 heterocycles. The van der Waals surface area contributed by atoms with Gasteiger partial charge in [0.1, 0.15) is 5.75 Å². The van der Waals surface area contributed by atoms with Crippen molar-refractivity contribution in [1.29, 1.82) is 0 Å². The molecule has 5 nitrogen and oxygen atoms in total. The molecule has 6 heteroatoms. The summed E-state index contributed by atoms with van der Waals surface area (Å²) in [6.07, 6.45) is 0.323. The molecule has 0 spiro atoms. The summed E-state index contributed by atoms with van der Waals surface area (Å²) >= 11 is 1.32. The predicted molar refractivity (Wildman–Crippen MR) is 116 cm³/mol. The summed E-state index contributed by atoms with van der Waals surface area (Å²) in [7, 11) is 1.63. The number of amides is 2. The first-order chi connectivity index (χ1) is 14.0. The van der Waals surface area contributed by atoms with Gasteiger partial charge in [0.25, 0.3) is 5.91 Å². The molecule has 0 saturated heterocycles. The minimum atomic E-state index is -0.166. The molecule has 0 saturated carbocycles. The minimum absolute atomic E-state index is 0.0553. The van der Waals surface area contributed by atoms with Crippen LogP contribution in [-0.4, -0.2) is 18.9 Å². The van der Waals surface area contributed by atoms with Crippen LogP contribution in [0.3, 0.4) is 0 Å². The first kappa shape index (κ1) is 19.2. The Morgan fingerprint density at radius 1 is 1.17 bits per heavy atom. The van der Waals surface area contributed by atoms with E-state index in [-0.39, 0.29) is 17.7 Å². The Bertz CT molecular complexity index is 1100. The summed E-state index contributed by atoms with van der Waals surface area (Å²) in [6.45, 7) is 3.93. The number of fused-ring (bicyclic) bond motifs is 1. The number of rotatable bonds is 4. The van der Waals surface area contributed by atoms with Crippen molar-refractivity contribution in [3.63, 3.8) is 0 Å². The number of hydrogen-bond donors (Lipinski definition) is 2. The lowest BCUT2D eigenvalue weighted by molar-refractivity contribution is -0.116. The number of carbonyl (C=O) groups is 2. The second-order valence-corrected chi connectivity index (χ2v) is 8.19. The lowest BCUT2D eigenvalue weighted by Crippen LogP contribution is -2.23. The molecule has 0 aliphatic carbocycles. The zero-order valence-electron chi connectivity index (χ0n) is 16.5. The number of thiophene rings is 1. The van der Waals surface area contributed by atoms with Crippen molar-refractivity contribution in [1.82, 2.24) is 0 Å². The zero-order valence-corrected chi connectivity index (χ0v) is 17.4. The van der Waals surface area contributed by atoms with Gasteiger partial charge >= 0.3 is 0 Å². The van der Waals surface area contributed by atoms with E-state index in [9.17, 15) is 9.59 Å². The van der Waals surface area contributed by atoms with Crippen LogP contribution in [0.1, 0.15) is 44.3 Å². The summed E-state index contributed by atoms with van der Waals surface area (Å²) < 4.78 is 5.53. The summed E-state index contributed by atoms with van der Waals surface area (Å²) in [4.78, 5) is 26.0. The van der Waals surface area contributed by atoms with Crippen LogP contribution in [0.2, 0.25) is 0 Å². The van der Waals surface area contributed by atoms with Gasteiger partial charge in [0.2, 0.25) is 5.91 Å². The van der Waals surface area contributed by atoms with E-state index in [0.717, 1.165) is 38.7 Å². The van der Waals surface area contributed by atoms with Crippen LogP contribution in [-0.2, 0) is 4.79 Å². The first-order valence-electron chi connectivity index (χ1n) is 9.42. The van der Waals surface area contributed by atoms with E-state index in [4.69, 9.17) is 4.74 Å². The molecule has 2 aromatic carbocycles. The topological polar surface area (TPSA) is 67.4 Å². The van der Waals surface area contributed by atoms with Gasteiger partial charge < -0.3 is 15.4 Å². The highest BCUT2D eigenvalue weighted by molar-refractivity contribution is 7.18. The van der Waals surface area contributed by atoms with E-state index in [0.29, 0.717) is 11.3 Å². The first-order valence-corrected chi connectivity index (χ1v) is 10.2. The fraction of sp³-hybridized carbons (Fsp3) is 0.217. The molecule has 1 aromatic heterocycles. The highest BCUT2D eigenvalue weighted by Crippen LogP contribution is 2.47. The van der Waals surface area contributed by atoms with Crippen LogP contribution >= 0.6 is 11.3 Å². The monoisotopic (exact) mass is 406 g/mol. The number of ether oxygens (including phenoxy) is 1. The number of benzene rings is 2. The Morgan fingerprint density at radius 2 is 1.97 bits per heavy atom. The van der Waals surface area contributed by atoms with E-state index < -0.39 is 0 Å². The molecule has 1 atom stereocenters. The van der Waals surface area contributed by atoms with Gasteiger partial charge in [0, 0.05) is 23.6 Å². The van der Waals surface area contributed by atoms with Crippen molar-refractivity contribution in [2.24, 2.45) is 0 Å². The van der Waals surface area contributed by atoms with Crippen molar-refractivity contribution in [2.45, 2.75) is 26.2 Å². The van der Waals surface area contributed by atoms with Crippen LogP contribution in [0.5, 0.6) is 5.75 Å². The van der Waals surface area contributed by atoms with Crippen molar-refractivity contribution >= 4 is 33.8 Å². The lowest BCUT2D eigenvalue weighted by atomic mass is 9.84. The van der Waals surface area contributed by atoms with E-state index in [1.807, 2.05) is 62.4 Å². The molecule has 29 heavy (non-hydrogen) atoms. The number of carbonyl (C=O) groups excluding carboxylic acids is 2. The summed E-state index contributed by atoms with van der Waals surface area (Å²) in [5.41, 5.74) is 4.68. The van der Waals surface area contributed by atoms with Gasteiger partial charge in [-0.3, -0.25) is 9.59 Å². The smallest absolute Gasteiger partial charge is 0.266 e. The second-order valence-electron chi connectivity index (χ2n) is 7.17. The normalized spacial score (nSPS) is 15.4. The summed E-state index contributed by atoms with van der Waals surface area (Å²) in [5, 5.41) is 6.66. The number of anilines is 2. The molecular formula is C23H22N2O3S. The third-order valence-electron chi connectivity index (χ3n) is 5.18. The fourth-order valence-electron chi connectivity index (χ4n) is 3.85. The molecule has 2 N–H and O–H groups in total. The molecule has 2 amide bonds. The van der Waals surface area contributed by atoms with Crippen LogP contribution in [0.25, 0.3) is 0 Å². The maximum Gasteiger partial charge on any atom is 0.266 e. The Kier molecular flexibility index (Phi) is 5.11. The minimum Gasteiger partial charge on any atom is -0.496 e. The van der Waals surface area contributed by atoms with Crippen molar-refractivity contribution in [3.8, 4) is 5.75 Å². The quantitative estimate of drug-likeness (QED) is 0.633. The Balaban J connectivity index is 1.74. The third-order valence-corrected chi connectivity index (χ3v) is 6.40. The maximum atomic E-state index is 13.0. The molecule has 0 unspecified atom stereocenters. The van der Waals surface area contributed by atoms with Crippen LogP contribution in [0, 0.1) is 13.8 Å². The van der Waals surface area contributed by atoms with E-state index >= 15 is 0 Å². The molecular weight excluding hydrogens is 384 g/mol. The molecule has 148 valence electrons. The van der Waals surface area contributed by atoms with Gasteiger partial charge in [-0.25, -0.2) is 0 Å². The number of para-hydroxylation sites is 1. The van der Waals surface area contributed by atoms with Crippen molar-refractivity contribution in [2.75, 3.05) is 17.7 Å². The second kappa shape index (κ2) is 7.72. The van der Waals surface area contributed by atoms with Gasteiger partial charge in [-0.2, -0.15) is 0 Å². The molecule has 0 bridgehead atoms. The number of nitrogens with one attached hydrogen (secondary N) is 2. The molecule has 1 aliphatic heterocycles. The van der Waals surface area contributed by atoms with Crippen LogP contribution < -0.4 is 15.4 Å². The number of methoxy groups -OCH3 is 1. The van der Waals surface area contributed by atoms with Gasteiger partial charge in [0.05, 0.1) is 17.0 Å². The highest BCUT2D eigenvalue weighted by Gasteiger charge is 2.34. The van der Waals surface area contributed by atoms with Crippen LogP contribution in [0.15, 0.2) is 48.5 Å². The molecule has 0 fully saturated rings. The van der Waals surface area contributed by atoms with Gasteiger partial charge in [-0.05, 0) is 48.7 Å². The number of hydrogen-bond acceptors (Lipinski definition) is 4. The lowest BCUT2D eigenvalue weighted by Gasteiger charge is -2.25. The van der Waals surface area contributed by atoms with E-state index in [1.165, 1.54) is 11.3 Å². The number of aryl methyl sites for hydroxylation is 1. The van der Waals surface area contributed by atoms with Gasteiger partial charge in [-0.1, -0.05) is 30.3 Å². The Labute approximate surface area is 173 Å². The zero-order chi connectivity index (χ0) is 20.5. The fourth-order valence-corrected chi connectivity index (χ4v) is 5.03. The van der Waals surface area contributed by atoms with Crippen molar-refractivity contribution < 1.29 is 14.3 Å². The third kappa shape index (κ3) is 3.63. The molecule has 1 aliphatic rings. The maximum absolute atomic E-state index is 13.0. The standard InChI is InChI=1S/C23H22N2O3S/c1-13-7-6-8-15(11-13)24-22(27)21-14(2)20-17(12-19(26)25-23(20)29-21)16-9-4-5-10-18(16)28-3/h4-11,17H,12H2,1-3H3,(H,24,27)(H,25,26)/t17-/m0/s1. The average molecular weight is 407 g/mol. The van der Waals surface area contributed by atoms with Crippen LogP contribution in [0.4, 0.5) is 10.7 Å². The molecule has 4 rings (SSSR count). The van der Waals surface area contributed by atoms with Crippen molar-refractivity contribution in [3.05, 3.63) is 75.7 Å². The Hall–Kier alpha value is -3.12. The van der Waals surface area contributed by atoms with E-state index in [1.54, 1.807) is 7.11 Å². The Morgan fingerprint density at radius 3 is 2.72 bits per heavy atom. The highest BCUT2D eigenvalue weighted by atomic mass is 32.1. The van der Waals surface area contributed by atoms with Gasteiger partial charge in [0.15, 0.2) is 0 Å².